The van der Waals surface area contributed by atoms with Gasteiger partial charge in [0.05, 0.1) is 12.8 Å². The third-order valence-electron chi connectivity index (χ3n) is 1.76. The summed E-state index contributed by atoms with van der Waals surface area (Å²) >= 11 is 0. The summed E-state index contributed by atoms with van der Waals surface area (Å²) in [7, 11) is 3.03. The van der Waals surface area contributed by atoms with Crippen molar-refractivity contribution in [3.05, 3.63) is 30.0 Å². The number of hydrogen-bond donors (Lipinski definition) is 1. The highest BCUT2D eigenvalue weighted by molar-refractivity contribution is 5.96. The number of hydrogen-bond acceptors (Lipinski definition) is 3. The Morgan fingerprint density at radius 2 is 2.36 bits per heavy atom. The van der Waals surface area contributed by atoms with Crippen molar-refractivity contribution in [2.24, 2.45) is 0 Å². The Bertz CT molecular complexity index is 361. The standard InChI is InChI=1S/C10H12N2O2/c1-4-7-5-6-8(9(13)11-2)10(12-7)14-3/h4-6H,1H2,2-3H3,(H,11,13). The average molecular weight is 192 g/mol. The molecule has 1 aromatic heterocycles. The minimum absolute atomic E-state index is 0.218. The van der Waals surface area contributed by atoms with Crippen LogP contribution in [-0.4, -0.2) is 25.0 Å². The molecule has 4 nitrogen and oxygen atoms in total. The van der Waals surface area contributed by atoms with Crippen LogP contribution >= 0.6 is 0 Å². The van der Waals surface area contributed by atoms with Crippen LogP contribution < -0.4 is 10.1 Å². The lowest BCUT2D eigenvalue weighted by Crippen LogP contribution is -2.19. The molecule has 0 saturated heterocycles. The molecule has 1 rings (SSSR count). The van der Waals surface area contributed by atoms with Gasteiger partial charge in [-0.25, -0.2) is 4.98 Å². The molecule has 0 aliphatic carbocycles. The summed E-state index contributed by atoms with van der Waals surface area (Å²) in [5.41, 5.74) is 1.09. The number of pyridine rings is 1. The Labute approximate surface area is 82.6 Å². The number of nitrogens with zero attached hydrogens (tertiary/aromatic N) is 1. The maximum Gasteiger partial charge on any atom is 0.256 e. The van der Waals surface area contributed by atoms with E-state index < -0.39 is 0 Å². The van der Waals surface area contributed by atoms with E-state index in [-0.39, 0.29) is 5.91 Å². The molecule has 1 amide bonds. The molecule has 0 aromatic carbocycles. The van der Waals surface area contributed by atoms with Gasteiger partial charge in [0.15, 0.2) is 0 Å². The van der Waals surface area contributed by atoms with Crippen LogP contribution in [0.1, 0.15) is 16.1 Å². The SMILES string of the molecule is C=Cc1ccc(C(=O)NC)c(OC)n1. The zero-order chi connectivity index (χ0) is 10.6. The Morgan fingerprint density at radius 3 is 2.86 bits per heavy atom. The van der Waals surface area contributed by atoms with E-state index in [0.717, 1.165) is 0 Å². The van der Waals surface area contributed by atoms with Crippen molar-refractivity contribution < 1.29 is 9.53 Å². The molecular weight excluding hydrogens is 180 g/mol. The number of methoxy groups -OCH3 is 1. The van der Waals surface area contributed by atoms with Gasteiger partial charge in [-0.1, -0.05) is 6.58 Å². The zero-order valence-corrected chi connectivity index (χ0v) is 8.20. The van der Waals surface area contributed by atoms with Crippen LogP contribution in [0.25, 0.3) is 6.08 Å². The van der Waals surface area contributed by atoms with Crippen LogP contribution in [0.15, 0.2) is 18.7 Å². The van der Waals surface area contributed by atoms with Crippen molar-refractivity contribution in [1.29, 1.82) is 0 Å². The molecule has 1 N–H and O–H groups in total. The molecular formula is C10H12N2O2. The van der Waals surface area contributed by atoms with Crippen LogP contribution in [-0.2, 0) is 0 Å². The lowest BCUT2D eigenvalue weighted by atomic mass is 10.2. The van der Waals surface area contributed by atoms with Crippen molar-refractivity contribution in [2.75, 3.05) is 14.2 Å². The van der Waals surface area contributed by atoms with E-state index in [9.17, 15) is 4.79 Å². The summed E-state index contributed by atoms with van der Waals surface area (Å²) in [5.74, 6) is 0.0895. The van der Waals surface area contributed by atoms with Crippen LogP contribution in [0.3, 0.4) is 0 Å². The first-order chi connectivity index (χ1) is 6.72. The second-order valence-corrected chi connectivity index (χ2v) is 2.58. The predicted molar refractivity (Wildman–Crippen MR) is 54.3 cm³/mol. The Morgan fingerprint density at radius 1 is 1.64 bits per heavy atom. The molecule has 0 radical (unpaired) electrons. The molecule has 0 aliphatic rings. The van der Waals surface area contributed by atoms with E-state index in [0.29, 0.717) is 17.1 Å². The summed E-state index contributed by atoms with van der Waals surface area (Å²) in [5, 5.41) is 2.51. The first kappa shape index (κ1) is 10.2. The minimum atomic E-state index is -0.218. The number of ether oxygens (including phenoxy) is 1. The van der Waals surface area contributed by atoms with E-state index in [4.69, 9.17) is 4.74 Å². The van der Waals surface area contributed by atoms with E-state index in [1.807, 2.05) is 0 Å². The molecule has 14 heavy (non-hydrogen) atoms. The highest BCUT2D eigenvalue weighted by atomic mass is 16.5. The summed E-state index contributed by atoms with van der Waals surface area (Å²) in [6.45, 7) is 3.58. The number of aromatic nitrogens is 1. The molecule has 0 atom stereocenters. The lowest BCUT2D eigenvalue weighted by molar-refractivity contribution is 0.0959. The average Bonchev–Trinajstić information content (AvgIpc) is 2.27. The van der Waals surface area contributed by atoms with Crippen LogP contribution in [0, 0.1) is 0 Å². The van der Waals surface area contributed by atoms with Crippen molar-refractivity contribution in [3.8, 4) is 5.88 Å². The summed E-state index contributed by atoms with van der Waals surface area (Å²) in [6, 6.07) is 3.36. The fourth-order valence-corrected chi connectivity index (χ4v) is 1.03. The summed E-state index contributed by atoms with van der Waals surface area (Å²) in [6.07, 6.45) is 1.59. The number of rotatable bonds is 3. The molecule has 0 bridgehead atoms. The van der Waals surface area contributed by atoms with Crippen LogP contribution in [0.2, 0.25) is 0 Å². The van der Waals surface area contributed by atoms with E-state index in [2.05, 4.69) is 16.9 Å². The van der Waals surface area contributed by atoms with E-state index in [1.165, 1.54) is 7.11 Å². The predicted octanol–water partition coefficient (Wildman–Crippen LogP) is 1.09. The first-order valence-corrected chi connectivity index (χ1v) is 4.12. The normalized spacial score (nSPS) is 9.29. The molecule has 0 fully saturated rings. The van der Waals surface area contributed by atoms with Gasteiger partial charge in [-0.15, -0.1) is 0 Å². The Kier molecular flexibility index (Phi) is 3.23. The fraction of sp³-hybridized carbons (Fsp3) is 0.200. The van der Waals surface area contributed by atoms with Gasteiger partial charge in [-0.3, -0.25) is 4.79 Å². The third kappa shape index (κ3) is 1.90. The van der Waals surface area contributed by atoms with Gasteiger partial charge in [-0.05, 0) is 18.2 Å². The molecule has 0 saturated carbocycles. The first-order valence-electron chi connectivity index (χ1n) is 4.12. The monoisotopic (exact) mass is 192 g/mol. The molecule has 1 heterocycles. The number of nitrogens with one attached hydrogen (secondary N) is 1. The highest BCUT2D eigenvalue weighted by Crippen LogP contribution is 2.15. The number of carbonyl (C=O) groups is 1. The minimum Gasteiger partial charge on any atom is -0.480 e. The topological polar surface area (TPSA) is 51.2 Å². The van der Waals surface area contributed by atoms with Crippen LogP contribution in [0.5, 0.6) is 5.88 Å². The van der Waals surface area contributed by atoms with Gasteiger partial charge < -0.3 is 10.1 Å². The molecule has 0 aliphatic heterocycles. The maximum atomic E-state index is 11.3. The second-order valence-electron chi connectivity index (χ2n) is 2.58. The van der Waals surface area contributed by atoms with Gasteiger partial charge in [0, 0.05) is 7.05 Å². The van der Waals surface area contributed by atoms with Gasteiger partial charge in [0.2, 0.25) is 5.88 Å². The van der Waals surface area contributed by atoms with Gasteiger partial charge in [-0.2, -0.15) is 0 Å². The van der Waals surface area contributed by atoms with Crippen LogP contribution in [0.4, 0.5) is 0 Å². The quantitative estimate of drug-likeness (QED) is 0.780. The Hall–Kier alpha value is -1.84. The van der Waals surface area contributed by atoms with Crippen molar-refractivity contribution in [1.82, 2.24) is 10.3 Å². The van der Waals surface area contributed by atoms with E-state index >= 15 is 0 Å². The maximum absolute atomic E-state index is 11.3. The molecule has 0 unspecified atom stereocenters. The zero-order valence-electron chi connectivity index (χ0n) is 8.20. The van der Waals surface area contributed by atoms with Gasteiger partial charge in [0.25, 0.3) is 5.91 Å². The van der Waals surface area contributed by atoms with Crippen molar-refractivity contribution in [3.63, 3.8) is 0 Å². The number of carbonyl (C=O) groups excluding carboxylic acids is 1. The molecule has 74 valence electrons. The van der Waals surface area contributed by atoms with Gasteiger partial charge in [0.1, 0.15) is 5.56 Å². The number of amides is 1. The van der Waals surface area contributed by atoms with Gasteiger partial charge >= 0.3 is 0 Å². The Balaban J connectivity index is 3.17. The highest BCUT2D eigenvalue weighted by Gasteiger charge is 2.11. The second kappa shape index (κ2) is 4.41. The molecule has 1 aromatic rings. The molecule has 4 heteroatoms. The largest absolute Gasteiger partial charge is 0.480 e. The summed E-state index contributed by atoms with van der Waals surface area (Å²) < 4.78 is 4.99. The fourth-order valence-electron chi connectivity index (χ4n) is 1.03. The molecule has 0 spiro atoms. The van der Waals surface area contributed by atoms with E-state index in [1.54, 1.807) is 25.3 Å². The van der Waals surface area contributed by atoms with Crippen molar-refractivity contribution in [2.45, 2.75) is 0 Å². The summed E-state index contributed by atoms with van der Waals surface area (Å²) in [4.78, 5) is 15.4. The smallest absolute Gasteiger partial charge is 0.256 e. The lowest BCUT2D eigenvalue weighted by Gasteiger charge is -2.06. The third-order valence-corrected chi connectivity index (χ3v) is 1.76. The van der Waals surface area contributed by atoms with Crippen molar-refractivity contribution >= 4 is 12.0 Å².